The summed E-state index contributed by atoms with van der Waals surface area (Å²) in [5.41, 5.74) is 1.50. The van der Waals surface area contributed by atoms with Crippen LogP contribution in [0.15, 0.2) is 30.3 Å². The van der Waals surface area contributed by atoms with Gasteiger partial charge in [0.25, 0.3) is 0 Å². The molecule has 15 heavy (non-hydrogen) atoms. The van der Waals surface area contributed by atoms with Crippen LogP contribution in [0.5, 0.6) is 0 Å². The van der Waals surface area contributed by atoms with E-state index in [0.717, 1.165) is 13.8 Å². The fourth-order valence-corrected chi connectivity index (χ4v) is 5.26. The topological polar surface area (TPSA) is 0 Å². The third-order valence-corrected chi connectivity index (χ3v) is 6.51. The Morgan fingerprint density at radius 1 is 1.07 bits per heavy atom. The van der Waals surface area contributed by atoms with Crippen LogP contribution in [0.3, 0.4) is 0 Å². The molecule has 0 aliphatic carbocycles. The summed E-state index contributed by atoms with van der Waals surface area (Å²) in [6.45, 7) is 2.27. The van der Waals surface area contributed by atoms with Gasteiger partial charge in [0.1, 0.15) is 0 Å². The van der Waals surface area contributed by atoms with Gasteiger partial charge in [-0.15, -0.1) is 0 Å². The molecule has 0 heterocycles. The summed E-state index contributed by atoms with van der Waals surface area (Å²) in [5, 5.41) is 1.28. The minimum absolute atomic E-state index is 0.744. The van der Waals surface area contributed by atoms with Gasteiger partial charge in [0, 0.05) is 0 Å². The van der Waals surface area contributed by atoms with E-state index in [1.165, 1.54) is 42.3 Å². The molecule has 1 aromatic rings. The Labute approximate surface area is 103 Å². The van der Waals surface area contributed by atoms with Crippen LogP contribution in [0.4, 0.5) is 0 Å². The van der Waals surface area contributed by atoms with Crippen molar-refractivity contribution in [2.24, 2.45) is 0 Å². The van der Waals surface area contributed by atoms with E-state index in [1.807, 2.05) is 0 Å². The van der Waals surface area contributed by atoms with Crippen LogP contribution in [-0.4, -0.2) is 19.6 Å². The fourth-order valence-electron chi connectivity index (χ4n) is 1.33. The average molecular weight is 287 g/mol. The van der Waals surface area contributed by atoms with Gasteiger partial charge in [-0.3, -0.25) is 0 Å². The Hall–Kier alpha value is 0.0895. The molecule has 2 heteroatoms. The molecule has 0 saturated carbocycles. The van der Waals surface area contributed by atoms with Crippen molar-refractivity contribution in [3.8, 4) is 0 Å². The molecule has 0 aliphatic rings. The quantitative estimate of drug-likeness (QED) is 0.512. The summed E-state index contributed by atoms with van der Waals surface area (Å²) >= 11 is 0.744. The standard InChI is InChI=1S/C13H20SSe/c1-2-3-4-8-11-14-15-12-13-9-6-5-7-10-13/h5-7,9-10H,2-4,8,11-12H2,1H3. The van der Waals surface area contributed by atoms with Crippen LogP contribution in [0.25, 0.3) is 0 Å². The van der Waals surface area contributed by atoms with E-state index in [1.54, 1.807) is 0 Å². The summed E-state index contributed by atoms with van der Waals surface area (Å²) in [4.78, 5) is 0. The van der Waals surface area contributed by atoms with Crippen LogP contribution >= 0.6 is 10.2 Å². The molecule has 0 nitrogen and oxygen atoms in total. The Balaban J connectivity index is 1.93. The first-order chi connectivity index (χ1) is 7.43. The second kappa shape index (κ2) is 9.33. The SMILES string of the molecule is CCCCCCS[Se]Cc1ccccc1. The minimum atomic E-state index is 0.744. The molecule has 0 amide bonds. The van der Waals surface area contributed by atoms with Gasteiger partial charge in [-0.2, -0.15) is 0 Å². The van der Waals surface area contributed by atoms with E-state index in [4.69, 9.17) is 0 Å². The number of benzene rings is 1. The van der Waals surface area contributed by atoms with Crippen molar-refractivity contribution in [2.75, 3.05) is 5.75 Å². The number of hydrogen-bond acceptors (Lipinski definition) is 1. The average Bonchev–Trinajstić information content (AvgIpc) is 2.29. The van der Waals surface area contributed by atoms with Crippen molar-refractivity contribution in [2.45, 2.75) is 37.9 Å². The molecule has 0 atom stereocenters. The Morgan fingerprint density at radius 3 is 2.60 bits per heavy atom. The van der Waals surface area contributed by atoms with Gasteiger partial charge in [-0.1, -0.05) is 0 Å². The van der Waals surface area contributed by atoms with Crippen molar-refractivity contribution >= 4 is 24.0 Å². The molecule has 0 aliphatic heterocycles. The van der Waals surface area contributed by atoms with Crippen molar-refractivity contribution in [3.63, 3.8) is 0 Å². The fraction of sp³-hybridized carbons (Fsp3) is 0.538. The van der Waals surface area contributed by atoms with E-state index in [0.29, 0.717) is 0 Å². The number of unbranched alkanes of at least 4 members (excludes halogenated alkanes) is 3. The molecule has 0 spiro atoms. The van der Waals surface area contributed by atoms with E-state index in [9.17, 15) is 0 Å². The van der Waals surface area contributed by atoms with E-state index in [-0.39, 0.29) is 0 Å². The zero-order valence-corrected chi connectivity index (χ0v) is 12.0. The Morgan fingerprint density at radius 2 is 1.87 bits per heavy atom. The van der Waals surface area contributed by atoms with Gasteiger partial charge in [0.15, 0.2) is 0 Å². The maximum absolute atomic E-state index is 2.27. The van der Waals surface area contributed by atoms with Crippen LogP contribution in [-0.2, 0) is 5.32 Å². The van der Waals surface area contributed by atoms with Gasteiger partial charge in [-0.25, -0.2) is 0 Å². The normalized spacial score (nSPS) is 10.5. The van der Waals surface area contributed by atoms with Crippen LogP contribution in [0.1, 0.15) is 38.2 Å². The molecule has 84 valence electrons. The van der Waals surface area contributed by atoms with Gasteiger partial charge in [0.2, 0.25) is 0 Å². The van der Waals surface area contributed by atoms with Crippen molar-refractivity contribution in [3.05, 3.63) is 35.9 Å². The zero-order valence-electron chi connectivity index (χ0n) is 9.45. The molecule has 1 aromatic carbocycles. The van der Waals surface area contributed by atoms with E-state index >= 15 is 0 Å². The third-order valence-electron chi connectivity index (χ3n) is 2.23. The molecular weight excluding hydrogens is 267 g/mol. The van der Waals surface area contributed by atoms with Crippen LogP contribution < -0.4 is 0 Å². The van der Waals surface area contributed by atoms with Gasteiger partial charge >= 0.3 is 104 Å². The molecule has 0 radical (unpaired) electrons. The first-order valence-corrected chi connectivity index (χ1v) is 9.94. The van der Waals surface area contributed by atoms with Crippen molar-refractivity contribution < 1.29 is 0 Å². The second-order valence-electron chi connectivity index (χ2n) is 3.63. The molecule has 0 unspecified atom stereocenters. The van der Waals surface area contributed by atoms with Crippen LogP contribution in [0, 0.1) is 0 Å². The Kier molecular flexibility index (Phi) is 8.18. The van der Waals surface area contributed by atoms with E-state index in [2.05, 4.69) is 47.4 Å². The first-order valence-electron chi connectivity index (χ1n) is 5.72. The predicted molar refractivity (Wildman–Crippen MR) is 72.5 cm³/mol. The monoisotopic (exact) mass is 288 g/mol. The van der Waals surface area contributed by atoms with Crippen LogP contribution in [0.2, 0.25) is 0 Å². The molecule has 0 saturated heterocycles. The second-order valence-corrected chi connectivity index (χ2v) is 8.08. The zero-order chi connectivity index (χ0) is 10.8. The summed E-state index contributed by atoms with van der Waals surface area (Å²) in [6.07, 6.45) is 5.59. The third kappa shape index (κ3) is 7.05. The van der Waals surface area contributed by atoms with Gasteiger partial charge in [-0.05, 0) is 0 Å². The van der Waals surface area contributed by atoms with Crippen molar-refractivity contribution in [1.29, 1.82) is 0 Å². The number of hydrogen-bond donors (Lipinski definition) is 0. The molecular formula is C13H20SSe. The molecule has 0 bridgehead atoms. The molecule has 0 N–H and O–H groups in total. The maximum atomic E-state index is 2.27. The summed E-state index contributed by atoms with van der Waals surface area (Å²) in [7, 11) is 2.16. The van der Waals surface area contributed by atoms with Crippen molar-refractivity contribution in [1.82, 2.24) is 0 Å². The molecule has 0 aromatic heterocycles. The summed E-state index contributed by atoms with van der Waals surface area (Å²) in [5.74, 6) is 1.37. The summed E-state index contributed by atoms with van der Waals surface area (Å²) in [6, 6.07) is 10.8. The Bertz CT molecular complexity index is 236. The van der Waals surface area contributed by atoms with E-state index < -0.39 is 0 Å². The first kappa shape index (κ1) is 13.2. The summed E-state index contributed by atoms with van der Waals surface area (Å²) < 4.78 is 0. The predicted octanol–water partition coefficient (Wildman–Crippen LogP) is 4.12. The van der Waals surface area contributed by atoms with Gasteiger partial charge in [0.05, 0.1) is 0 Å². The number of rotatable bonds is 8. The molecule has 0 fully saturated rings. The molecule has 1 rings (SSSR count). The van der Waals surface area contributed by atoms with Gasteiger partial charge < -0.3 is 0 Å².